The van der Waals surface area contributed by atoms with Crippen molar-refractivity contribution in [1.82, 2.24) is 20.1 Å². The minimum absolute atomic E-state index is 0.784. The largest absolute Gasteiger partial charge is 0.307 e. The fourth-order valence-electron chi connectivity index (χ4n) is 1.46. The number of pyridine rings is 1. The Kier molecular flexibility index (Phi) is 3.89. The lowest BCUT2D eigenvalue weighted by atomic mass is 10.3. The molecule has 2 rings (SSSR count). The maximum atomic E-state index is 4.28. The Bertz CT molecular complexity index is 452. The fourth-order valence-corrected chi connectivity index (χ4v) is 2.13. The molecule has 16 heavy (non-hydrogen) atoms. The minimum atomic E-state index is 0.784. The zero-order valence-corrected chi connectivity index (χ0v) is 11.2. The molecule has 0 amide bonds. The maximum absolute atomic E-state index is 4.28. The van der Waals surface area contributed by atoms with Crippen LogP contribution in [0.4, 0.5) is 0 Å². The van der Waals surface area contributed by atoms with Crippen LogP contribution >= 0.6 is 22.6 Å². The molecule has 0 aliphatic rings. The van der Waals surface area contributed by atoms with E-state index in [9.17, 15) is 0 Å². The monoisotopic (exact) mass is 328 g/mol. The number of nitrogens with zero attached hydrogens (tertiary/aromatic N) is 3. The molecule has 2 aromatic heterocycles. The molecule has 0 aromatic carbocycles. The van der Waals surface area contributed by atoms with Crippen molar-refractivity contribution in [3.8, 4) is 0 Å². The first kappa shape index (κ1) is 11.5. The molecular formula is C11H13IN4. The van der Waals surface area contributed by atoms with Gasteiger partial charge in [0.1, 0.15) is 3.70 Å². The molecule has 1 N–H and O–H groups in total. The van der Waals surface area contributed by atoms with E-state index in [2.05, 4.69) is 38.0 Å². The smallest absolute Gasteiger partial charge is 0.127 e. The first-order valence-electron chi connectivity index (χ1n) is 5.04. The predicted octanol–water partition coefficient (Wildman–Crippen LogP) is 1.71. The van der Waals surface area contributed by atoms with Crippen LogP contribution in [-0.2, 0) is 20.1 Å². The van der Waals surface area contributed by atoms with Gasteiger partial charge in [0, 0.05) is 38.1 Å². The Morgan fingerprint density at radius 2 is 2.25 bits per heavy atom. The quantitative estimate of drug-likeness (QED) is 0.869. The second-order valence-electron chi connectivity index (χ2n) is 3.54. The van der Waals surface area contributed by atoms with E-state index in [1.165, 1.54) is 5.56 Å². The van der Waals surface area contributed by atoms with Crippen molar-refractivity contribution in [2.24, 2.45) is 7.05 Å². The summed E-state index contributed by atoms with van der Waals surface area (Å²) in [5, 5.41) is 7.64. The van der Waals surface area contributed by atoms with E-state index in [-0.39, 0.29) is 0 Å². The number of aromatic nitrogens is 3. The molecule has 0 bridgehead atoms. The molecule has 0 fully saturated rings. The van der Waals surface area contributed by atoms with Gasteiger partial charge < -0.3 is 5.32 Å². The second-order valence-corrected chi connectivity index (χ2v) is 4.57. The van der Waals surface area contributed by atoms with Gasteiger partial charge in [-0.1, -0.05) is 6.07 Å². The van der Waals surface area contributed by atoms with Gasteiger partial charge in [0.05, 0.1) is 5.69 Å². The molecule has 0 aliphatic heterocycles. The molecule has 84 valence electrons. The minimum Gasteiger partial charge on any atom is -0.307 e. The van der Waals surface area contributed by atoms with E-state index in [4.69, 9.17) is 0 Å². The Labute approximate surface area is 108 Å². The molecule has 0 saturated carbocycles. The third kappa shape index (κ3) is 3.02. The van der Waals surface area contributed by atoms with Crippen LogP contribution < -0.4 is 5.32 Å². The van der Waals surface area contributed by atoms with E-state index in [1.807, 2.05) is 42.3 Å². The van der Waals surface area contributed by atoms with Crippen molar-refractivity contribution in [2.75, 3.05) is 0 Å². The summed E-state index contributed by atoms with van der Waals surface area (Å²) in [6.45, 7) is 1.61. The van der Waals surface area contributed by atoms with E-state index < -0.39 is 0 Å². The van der Waals surface area contributed by atoms with Gasteiger partial charge in [-0.05, 0) is 34.7 Å². The van der Waals surface area contributed by atoms with Crippen molar-refractivity contribution in [1.29, 1.82) is 0 Å². The third-order valence-electron chi connectivity index (χ3n) is 2.20. The molecule has 0 atom stereocenters. The van der Waals surface area contributed by atoms with Crippen LogP contribution in [0.1, 0.15) is 11.3 Å². The average molecular weight is 328 g/mol. The summed E-state index contributed by atoms with van der Waals surface area (Å²) in [6, 6.07) is 5.94. The van der Waals surface area contributed by atoms with Crippen LogP contribution in [-0.4, -0.2) is 14.8 Å². The zero-order chi connectivity index (χ0) is 11.4. The maximum Gasteiger partial charge on any atom is 0.127 e. The van der Waals surface area contributed by atoms with E-state index in [1.54, 1.807) is 0 Å². The van der Waals surface area contributed by atoms with Crippen LogP contribution in [0.25, 0.3) is 0 Å². The summed E-state index contributed by atoms with van der Waals surface area (Å²) in [4.78, 5) is 4.25. The number of halogens is 1. The lowest BCUT2D eigenvalue weighted by Gasteiger charge is -2.02. The van der Waals surface area contributed by atoms with Crippen LogP contribution in [0, 0.1) is 3.70 Å². The van der Waals surface area contributed by atoms with Crippen LogP contribution in [0.15, 0.2) is 30.6 Å². The summed E-state index contributed by atoms with van der Waals surface area (Å²) < 4.78 is 2.88. The van der Waals surface area contributed by atoms with Gasteiger partial charge in [-0.15, -0.1) is 0 Å². The molecular weight excluding hydrogens is 315 g/mol. The van der Waals surface area contributed by atoms with Gasteiger partial charge in [0.15, 0.2) is 0 Å². The number of nitrogens with one attached hydrogen (secondary N) is 1. The molecule has 0 aliphatic carbocycles. The van der Waals surface area contributed by atoms with Gasteiger partial charge in [0.25, 0.3) is 0 Å². The van der Waals surface area contributed by atoms with Crippen molar-refractivity contribution in [2.45, 2.75) is 13.1 Å². The van der Waals surface area contributed by atoms with Crippen molar-refractivity contribution < 1.29 is 0 Å². The Morgan fingerprint density at radius 1 is 1.38 bits per heavy atom. The van der Waals surface area contributed by atoms with E-state index in [0.717, 1.165) is 22.5 Å². The van der Waals surface area contributed by atoms with Crippen molar-refractivity contribution in [3.05, 3.63) is 45.6 Å². The molecule has 0 unspecified atom stereocenters. The van der Waals surface area contributed by atoms with Gasteiger partial charge in [-0.2, -0.15) is 5.10 Å². The summed E-state index contributed by atoms with van der Waals surface area (Å²) in [6.07, 6.45) is 3.85. The number of hydrogen-bond donors (Lipinski definition) is 1. The number of hydrogen-bond acceptors (Lipinski definition) is 3. The Morgan fingerprint density at radius 3 is 2.88 bits per heavy atom. The molecule has 2 heterocycles. The Balaban J connectivity index is 1.87. The highest BCUT2D eigenvalue weighted by molar-refractivity contribution is 14.1. The summed E-state index contributed by atoms with van der Waals surface area (Å²) >= 11 is 2.25. The predicted molar refractivity (Wildman–Crippen MR) is 70.7 cm³/mol. The summed E-state index contributed by atoms with van der Waals surface area (Å²) in [5.74, 6) is 0. The molecule has 0 radical (unpaired) electrons. The highest BCUT2D eigenvalue weighted by Crippen LogP contribution is 2.08. The van der Waals surface area contributed by atoms with Gasteiger partial charge >= 0.3 is 0 Å². The van der Waals surface area contributed by atoms with Gasteiger partial charge in [0.2, 0.25) is 0 Å². The average Bonchev–Trinajstić information content (AvgIpc) is 2.59. The van der Waals surface area contributed by atoms with Crippen LogP contribution in [0.5, 0.6) is 0 Å². The molecule has 5 heteroatoms. The summed E-state index contributed by atoms with van der Waals surface area (Å²) in [5.41, 5.74) is 2.28. The first-order chi connectivity index (χ1) is 7.75. The first-order valence-corrected chi connectivity index (χ1v) is 6.12. The topological polar surface area (TPSA) is 42.7 Å². The molecule has 2 aromatic rings. The van der Waals surface area contributed by atoms with E-state index in [0.29, 0.717) is 0 Å². The van der Waals surface area contributed by atoms with Crippen molar-refractivity contribution >= 4 is 22.6 Å². The van der Waals surface area contributed by atoms with Crippen molar-refractivity contribution in [3.63, 3.8) is 0 Å². The second kappa shape index (κ2) is 5.40. The number of rotatable bonds is 4. The molecule has 0 spiro atoms. The highest BCUT2D eigenvalue weighted by Gasteiger charge is 2.03. The zero-order valence-electron chi connectivity index (χ0n) is 9.02. The van der Waals surface area contributed by atoms with Gasteiger partial charge in [-0.25, -0.2) is 0 Å². The van der Waals surface area contributed by atoms with Crippen LogP contribution in [0.2, 0.25) is 0 Å². The van der Waals surface area contributed by atoms with Crippen LogP contribution in [0.3, 0.4) is 0 Å². The molecule has 0 saturated heterocycles. The standard InChI is InChI=1S/C11H13IN4/c1-16-8-9(11(12)15-16)6-13-7-10-4-2-3-5-14-10/h2-5,8,13H,6-7H2,1H3. The SMILES string of the molecule is Cn1cc(CNCc2ccccn2)c(I)n1. The normalized spacial score (nSPS) is 10.6. The number of aryl methyl sites for hydroxylation is 1. The molecule has 4 nitrogen and oxygen atoms in total. The lowest BCUT2D eigenvalue weighted by Crippen LogP contribution is -2.13. The lowest BCUT2D eigenvalue weighted by molar-refractivity contribution is 0.677. The Hall–Kier alpha value is -0.950. The third-order valence-corrected chi connectivity index (χ3v) is 3.11. The highest BCUT2D eigenvalue weighted by atomic mass is 127. The van der Waals surface area contributed by atoms with E-state index >= 15 is 0 Å². The fraction of sp³-hybridized carbons (Fsp3) is 0.273. The summed E-state index contributed by atoms with van der Waals surface area (Å²) in [7, 11) is 1.93. The van der Waals surface area contributed by atoms with Gasteiger partial charge in [-0.3, -0.25) is 9.67 Å².